The summed E-state index contributed by atoms with van der Waals surface area (Å²) in [5.41, 5.74) is 0.321. The zero-order chi connectivity index (χ0) is 10.7. The minimum absolute atomic E-state index is 0.321. The van der Waals surface area contributed by atoms with Crippen LogP contribution in [0.5, 0.6) is 0 Å². The number of nitrogens with zero attached hydrogens (tertiary/aromatic N) is 1. The van der Waals surface area contributed by atoms with Crippen molar-refractivity contribution in [1.29, 1.82) is 0 Å². The Balaban J connectivity index is 1.94. The van der Waals surface area contributed by atoms with E-state index in [0.717, 1.165) is 0 Å². The topological polar surface area (TPSA) is 24.4 Å². The molecule has 1 atom stereocenters. The van der Waals surface area contributed by atoms with Crippen LogP contribution >= 0.6 is 11.8 Å². The molecule has 2 rings (SSSR count). The van der Waals surface area contributed by atoms with E-state index in [4.69, 9.17) is 4.99 Å². The molecule has 1 N–H and O–H groups in total. The molecule has 0 saturated heterocycles. The van der Waals surface area contributed by atoms with Gasteiger partial charge in [-0.2, -0.15) is 0 Å². The molecule has 0 radical (unpaired) electrons. The third-order valence-corrected chi connectivity index (χ3v) is 4.40. The van der Waals surface area contributed by atoms with Gasteiger partial charge in [-0.1, -0.05) is 31.0 Å². The lowest BCUT2D eigenvalue weighted by atomic mass is 9.83. The smallest absolute Gasteiger partial charge is 0.157 e. The van der Waals surface area contributed by atoms with Crippen molar-refractivity contribution in [2.45, 2.75) is 64.0 Å². The molecule has 2 nitrogen and oxygen atoms in total. The zero-order valence-corrected chi connectivity index (χ0v) is 10.7. The number of amidine groups is 1. The molecule has 1 aliphatic heterocycles. The third-order valence-electron chi connectivity index (χ3n) is 3.48. The molecule has 1 saturated carbocycles. The van der Waals surface area contributed by atoms with E-state index in [1.807, 2.05) is 11.8 Å². The highest BCUT2D eigenvalue weighted by molar-refractivity contribution is 8.13. The molecule has 0 aromatic carbocycles. The summed E-state index contributed by atoms with van der Waals surface area (Å²) in [6, 6.07) is 0.515. The Labute approximate surface area is 97.3 Å². The van der Waals surface area contributed by atoms with Gasteiger partial charge in [-0.3, -0.25) is 4.99 Å². The van der Waals surface area contributed by atoms with Crippen molar-refractivity contribution in [2.75, 3.05) is 5.75 Å². The molecule has 0 amide bonds. The molecular formula is C12H22N2S. The standard InChI is InChI=1S/C12H22N2S/c1-10-6-9-15-11(13-10)14-12(2)7-4-3-5-8-12/h10H,3-9H2,1-2H3,(H,13,14). The Morgan fingerprint density at radius 1 is 1.33 bits per heavy atom. The summed E-state index contributed by atoms with van der Waals surface area (Å²) in [5, 5.41) is 4.87. The summed E-state index contributed by atoms with van der Waals surface area (Å²) in [5.74, 6) is 1.23. The maximum Gasteiger partial charge on any atom is 0.157 e. The number of thioether (sulfide) groups is 1. The highest BCUT2D eigenvalue weighted by Gasteiger charge is 2.28. The van der Waals surface area contributed by atoms with Crippen molar-refractivity contribution in [3.63, 3.8) is 0 Å². The Bertz CT molecular complexity index is 244. The van der Waals surface area contributed by atoms with Gasteiger partial charge in [-0.15, -0.1) is 0 Å². The predicted octanol–water partition coefficient (Wildman–Crippen LogP) is 3.18. The van der Waals surface area contributed by atoms with Crippen molar-refractivity contribution in [1.82, 2.24) is 5.32 Å². The fraction of sp³-hybridized carbons (Fsp3) is 0.917. The molecule has 1 fully saturated rings. The molecular weight excluding hydrogens is 204 g/mol. The summed E-state index contributed by atoms with van der Waals surface area (Å²) in [7, 11) is 0. The average molecular weight is 226 g/mol. The van der Waals surface area contributed by atoms with Gasteiger partial charge in [0.2, 0.25) is 0 Å². The molecule has 2 aliphatic rings. The van der Waals surface area contributed by atoms with Crippen LogP contribution in [0.25, 0.3) is 0 Å². The zero-order valence-electron chi connectivity index (χ0n) is 9.88. The van der Waals surface area contributed by atoms with E-state index in [0.29, 0.717) is 11.6 Å². The van der Waals surface area contributed by atoms with E-state index >= 15 is 0 Å². The second-order valence-electron chi connectivity index (χ2n) is 5.17. The average Bonchev–Trinajstić information content (AvgIpc) is 2.18. The fourth-order valence-corrected chi connectivity index (χ4v) is 3.64. The maximum absolute atomic E-state index is 4.69. The van der Waals surface area contributed by atoms with Crippen LogP contribution in [0, 0.1) is 0 Å². The lowest BCUT2D eigenvalue weighted by Gasteiger charge is -2.36. The second kappa shape index (κ2) is 4.77. The normalized spacial score (nSPS) is 30.8. The van der Waals surface area contributed by atoms with Crippen molar-refractivity contribution >= 4 is 16.9 Å². The molecule has 0 aromatic rings. The molecule has 1 heterocycles. The summed E-state index contributed by atoms with van der Waals surface area (Å²) in [6.07, 6.45) is 8.00. The Hall–Kier alpha value is -0.180. The lowest BCUT2D eigenvalue weighted by molar-refractivity contribution is 0.292. The van der Waals surface area contributed by atoms with Gasteiger partial charge in [0.05, 0.1) is 6.04 Å². The first-order valence-electron chi connectivity index (χ1n) is 6.17. The number of rotatable bonds is 1. The van der Waals surface area contributed by atoms with Crippen LogP contribution < -0.4 is 5.32 Å². The van der Waals surface area contributed by atoms with E-state index in [9.17, 15) is 0 Å². The first-order chi connectivity index (χ1) is 7.18. The van der Waals surface area contributed by atoms with Crippen LogP contribution in [-0.4, -0.2) is 22.5 Å². The monoisotopic (exact) mass is 226 g/mol. The van der Waals surface area contributed by atoms with Crippen molar-refractivity contribution in [3.8, 4) is 0 Å². The van der Waals surface area contributed by atoms with Crippen LogP contribution in [-0.2, 0) is 0 Å². The van der Waals surface area contributed by atoms with Gasteiger partial charge in [-0.25, -0.2) is 0 Å². The maximum atomic E-state index is 4.69. The number of nitrogens with one attached hydrogen (secondary N) is 1. The largest absolute Gasteiger partial charge is 0.360 e. The van der Waals surface area contributed by atoms with Gasteiger partial charge in [-0.05, 0) is 33.1 Å². The molecule has 1 aliphatic carbocycles. The van der Waals surface area contributed by atoms with Gasteiger partial charge in [0.15, 0.2) is 5.17 Å². The number of hydrogen-bond acceptors (Lipinski definition) is 3. The summed E-state index contributed by atoms with van der Waals surface area (Å²) in [6.45, 7) is 4.57. The van der Waals surface area contributed by atoms with E-state index in [2.05, 4.69) is 19.2 Å². The quantitative estimate of drug-likeness (QED) is 0.742. The Kier molecular flexibility index (Phi) is 3.60. The highest BCUT2D eigenvalue weighted by atomic mass is 32.2. The number of aliphatic imine (C=N–C) groups is 1. The highest BCUT2D eigenvalue weighted by Crippen LogP contribution is 2.29. The molecule has 0 aromatic heterocycles. The molecule has 0 bridgehead atoms. The first-order valence-corrected chi connectivity index (χ1v) is 7.15. The van der Waals surface area contributed by atoms with Crippen LogP contribution in [0.2, 0.25) is 0 Å². The van der Waals surface area contributed by atoms with Gasteiger partial charge in [0.25, 0.3) is 0 Å². The third kappa shape index (κ3) is 3.13. The van der Waals surface area contributed by atoms with E-state index in [1.54, 1.807) is 0 Å². The van der Waals surface area contributed by atoms with E-state index < -0.39 is 0 Å². The van der Waals surface area contributed by atoms with Crippen molar-refractivity contribution in [2.24, 2.45) is 4.99 Å². The summed E-state index contributed by atoms with van der Waals surface area (Å²) >= 11 is 1.90. The van der Waals surface area contributed by atoms with Crippen LogP contribution in [0.15, 0.2) is 4.99 Å². The van der Waals surface area contributed by atoms with E-state index in [-0.39, 0.29) is 0 Å². The van der Waals surface area contributed by atoms with Gasteiger partial charge in [0.1, 0.15) is 0 Å². The Morgan fingerprint density at radius 3 is 2.73 bits per heavy atom. The molecule has 3 heteroatoms. The summed E-state index contributed by atoms with van der Waals surface area (Å²) < 4.78 is 0. The molecule has 15 heavy (non-hydrogen) atoms. The van der Waals surface area contributed by atoms with E-state index in [1.165, 1.54) is 49.4 Å². The second-order valence-corrected chi connectivity index (χ2v) is 6.25. The lowest BCUT2D eigenvalue weighted by Crippen LogP contribution is -2.47. The molecule has 1 unspecified atom stereocenters. The first kappa shape index (κ1) is 11.3. The minimum atomic E-state index is 0.321. The SMILES string of the molecule is CC1CCSC(NC2(C)CCCCC2)=N1. The minimum Gasteiger partial charge on any atom is -0.360 e. The number of hydrogen-bond donors (Lipinski definition) is 1. The van der Waals surface area contributed by atoms with Crippen LogP contribution in [0.4, 0.5) is 0 Å². The molecule has 86 valence electrons. The van der Waals surface area contributed by atoms with Gasteiger partial charge < -0.3 is 5.32 Å². The van der Waals surface area contributed by atoms with Gasteiger partial charge >= 0.3 is 0 Å². The fourth-order valence-electron chi connectivity index (χ4n) is 2.41. The molecule has 0 spiro atoms. The van der Waals surface area contributed by atoms with Crippen LogP contribution in [0.3, 0.4) is 0 Å². The predicted molar refractivity (Wildman–Crippen MR) is 68.6 cm³/mol. The van der Waals surface area contributed by atoms with Gasteiger partial charge in [0, 0.05) is 11.3 Å². The van der Waals surface area contributed by atoms with Crippen molar-refractivity contribution < 1.29 is 0 Å². The van der Waals surface area contributed by atoms with Crippen molar-refractivity contribution in [3.05, 3.63) is 0 Å². The Morgan fingerprint density at radius 2 is 2.07 bits per heavy atom. The summed E-state index contributed by atoms with van der Waals surface area (Å²) in [4.78, 5) is 4.69. The van der Waals surface area contributed by atoms with Crippen LogP contribution in [0.1, 0.15) is 52.4 Å².